The number of rotatable bonds is 7. The molecule has 1 unspecified atom stereocenters. The summed E-state index contributed by atoms with van der Waals surface area (Å²) in [7, 11) is 0. The molecule has 0 rings (SSSR count). The van der Waals surface area contributed by atoms with Crippen LogP contribution in [0.3, 0.4) is 0 Å². The first kappa shape index (κ1) is 14.6. The third-order valence-electron chi connectivity index (χ3n) is 1.60. The van der Waals surface area contributed by atoms with Gasteiger partial charge in [-0.15, -0.1) is 0 Å². The van der Waals surface area contributed by atoms with Crippen LogP contribution in [0, 0.1) is 0 Å². The molecule has 0 aliphatic heterocycles. The molecule has 0 aromatic heterocycles. The normalized spacial score (nSPS) is 11.7. The van der Waals surface area contributed by atoms with Crippen LogP contribution in [0.1, 0.15) is 26.7 Å². The number of aliphatic hydroxyl groups excluding tert-OH is 1. The Kier molecular flexibility index (Phi) is 7.11. The summed E-state index contributed by atoms with van der Waals surface area (Å²) in [5, 5.41) is 9.20. The van der Waals surface area contributed by atoms with Gasteiger partial charge in [-0.05, 0) is 6.92 Å². The SMILES string of the molecule is CC(=O)CCC(=O)OCC(O)COC(C)=O. The number of ketones is 1. The van der Waals surface area contributed by atoms with Crippen LogP contribution in [-0.4, -0.2) is 42.1 Å². The maximum absolute atomic E-state index is 11.0. The Labute approximate surface area is 93.5 Å². The van der Waals surface area contributed by atoms with Crippen LogP contribution < -0.4 is 0 Å². The molecule has 0 aromatic carbocycles. The number of carbonyl (C=O) groups is 3. The van der Waals surface area contributed by atoms with Gasteiger partial charge in [0.15, 0.2) is 0 Å². The number of hydrogen-bond donors (Lipinski definition) is 1. The summed E-state index contributed by atoms with van der Waals surface area (Å²) in [6, 6.07) is 0. The quantitative estimate of drug-likeness (QED) is 0.612. The summed E-state index contributed by atoms with van der Waals surface area (Å²) in [6.07, 6.45) is -0.917. The lowest BCUT2D eigenvalue weighted by Gasteiger charge is -2.10. The molecular formula is C10H16O6. The average molecular weight is 232 g/mol. The molecule has 0 radical (unpaired) electrons. The Balaban J connectivity index is 3.58. The number of esters is 2. The molecule has 0 heterocycles. The van der Waals surface area contributed by atoms with Gasteiger partial charge in [-0.1, -0.05) is 0 Å². The van der Waals surface area contributed by atoms with Crippen molar-refractivity contribution in [1.29, 1.82) is 0 Å². The van der Waals surface area contributed by atoms with Gasteiger partial charge in [-0.2, -0.15) is 0 Å². The van der Waals surface area contributed by atoms with Gasteiger partial charge in [0.2, 0.25) is 0 Å². The smallest absolute Gasteiger partial charge is 0.306 e. The number of Topliss-reactive ketones (excluding diaryl/α,β-unsaturated/α-hetero) is 1. The molecule has 0 amide bonds. The van der Waals surface area contributed by atoms with Gasteiger partial charge in [-0.25, -0.2) is 0 Å². The van der Waals surface area contributed by atoms with E-state index in [0.29, 0.717) is 0 Å². The fraction of sp³-hybridized carbons (Fsp3) is 0.700. The summed E-state index contributed by atoms with van der Waals surface area (Å²) < 4.78 is 9.15. The zero-order chi connectivity index (χ0) is 12.6. The van der Waals surface area contributed by atoms with Crippen LogP contribution in [0.15, 0.2) is 0 Å². The van der Waals surface area contributed by atoms with Crippen molar-refractivity contribution in [3.63, 3.8) is 0 Å². The molecule has 92 valence electrons. The standard InChI is InChI=1S/C10H16O6/c1-7(11)3-4-10(14)16-6-9(13)5-15-8(2)12/h9,13H,3-6H2,1-2H3. The van der Waals surface area contributed by atoms with Crippen molar-refractivity contribution in [2.75, 3.05) is 13.2 Å². The highest BCUT2D eigenvalue weighted by molar-refractivity contribution is 5.80. The Morgan fingerprint density at radius 3 is 2.12 bits per heavy atom. The summed E-state index contributed by atoms with van der Waals surface area (Å²) in [5.74, 6) is -1.17. The summed E-state index contributed by atoms with van der Waals surface area (Å²) >= 11 is 0. The van der Waals surface area contributed by atoms with Gasteiger partial charge in [0.1, 0.15) is 25.1 Å². The van der Waals surface area contributed by atoms with Crippen molar-refractivity contribution in [1.82, 2.24) is 0 Å². The molecule has 1 N–H and O–H groups in total. The second-order valence-electron chi connectivity index (χ2n) is 3.34. The van der Waals surface area contributed by atoms with Crippen molar-refractivity contribution >= 4 is 17.7 Å². The Morgan fingerprint density at radius 1 is 1.06 bits per heavy atom. The first-order valence-electron chi connectivity index (χ1n) is 4.88. The summed E-state index contributed by atoms with van der Waals surface area (Å²) in [5.41, 5.74) is 0. The third kappa shape index (κ3) is 9.14. The molecule has 16 heavy (non-hydrogen) atoms. The van der Waals surface area contributed by atoms with E-state index in [0.717, 1.165) is 0 Å². The van der Waals surface area contributed by atoms with Gasteiger partial charge < -0.3 is 19.4 Å². The topological polar surface area (TPSA) is 89.9 Å². The van der Waals surface area contributed by atoms with E-state index >= 15 is 0 Å². The summed E-state index contributed by atoms with van der Waals surface area (Å²) in [6.45, 7) is 2.13. The maximum atomic E-state index is 11.0. The van der Waals surface area contributed by atoms with Crippen LogP contribution in [0.4, 0.5) is 0 Å². The van der Waals surface area contributed by atoms with Crippen molar-refractivity contribution in [3.8, 4) is 0 Å². The van der Waals surface area contributed by atoms with E-state index in [4.69, 9.17) is 0 Å². The van der Waals surface area contributed by atoms with E-state index in [1.165, 1.54) is 13.8 Å². The fourth-order valence-corrected chi connectivity index (χ4v) is 0.801. The molecule has 6 nitrogen and oxygen atoms in total. The maximum Gasteiger partial charge on any atom is 0.306 e. The van der Waals surface area contributed by atoms with Crippen molar-refractivity contribution < 1.29 is 29.0 Å². The molecule has 0 bridgehead atoms. The van der Waals surface area contributed by atoms with E-state index in [9.17, 15) is 19.5 Å². The minimum atomic E-state index is -1.04. The first-order valence-corrected chi connectivity index (χ1v) is 4.88. The van der Waals surface area contributed by atoms with E-state index < -0.39 is 18.0 Å². The third-order valence-corrected chi connectivity index (χ3v) is 1.60. The van der Waals surface area contributed by atoms with Gasteiger partial charge in [0.25, 0.3) is 0 Å². The molecule has 0 fully saturated rings. The molecule has 0 aliphatic rings. The van der Waals surface area contributed by atoms with Gasteiger partial charge in [0, 0.05) is 13.3 Å². The molecule has 1 atom stereocenters. The first-order chi connectivity index (χ1) is 7.41. The number of ether oxygens (including phenoxy) is 2. The summed E-state index contributed by atoms with van der Waals surface area (Å²) in [4.78, 5) is 31.9. The van der Waals surface area contributed by atoms with Crippen LogP contribution >= 0.6 is 0 Å². The highest BCUT2D eigenvalue weighted by atomic mass is 16.6. The van der Waals surface area contributed by atoms with Gasteiger partial charge >= 0.3 is 11.9 Å². The van der Waals surface area contributed by atoms with E-state index in [1.807, 2.05) is 0 Å². The Hall–Kier alpha value is -1.43. The molecule has 0 aliphatic carbocycles. The van der Waals surface area contributed by atoms with Crippen LogP contribution in [-0.2, 0) is 23.9 Å². The predicted octanol–water partition coefficient (Wildman–Crippen LogP) is -0.177. The zero-order valence-corrected chi connectivity index (χ0v) is 9.39. The van der Waals surface area contributed by atoms with Crippen molar-refractivity contribution in [3.05, 3.63) is 0 Å². The molecule has 0 spiro atoms. The van der Waals surface area contributed by atoms with Crippen molar-refractivity contribution in [2.24, 2.45) is 0 Å². The van der Waals surface area contributed by atoms with E-state index in [-0.39, 0.29) is 31.8 Å². The largest absolute Gasteiger partial charge is 0.463 e. The lowest BCUT2D eigenvalue weighted by molar-refractivity contribution is -0.151. The minimum Gasteiger partial charge on any atom is -0.463 e. The molecule has 0 saturated carbocycles. The second-order valence-corrected chi connectivity index (χ2v) is 3.34. The lowest BCUT2D eigenvalue weighted by atomic mass is 10.2. The molecular weight excluding hydrogens is 216 g/mol. The predicted molar refractivity (Wildman–Crippen MR) is 53.5 cm³/mol. The highest BCUT2D eigenvalue weighted by Gasteiger charge is 2.10. The lowest BCUT2D eigenvalue weighted by Crippen LogP contribution is -2.24. The second kappa shape index (κ2) is 7.81. The van der Waals surface area contributed by atoms with E-state index in [2.05, 4.69) is 9.47 Å². The molecule has 0 aromatic rings. The Bertz CT molecular complexity index is 260. The zero-order valence-electron chi connectivity index (χ0n) is 9.39. The highest BCUT2D eigenvalue weighted by Crippen LogP contribution is 1.96. The monoisotopic (exact) mass is 232 g/mol. The van der Waals surface area contributed by atoms with Crippen LogP contribution in [0.2, 0.25) is 0 Å². The Morgan fingerprint density at radius 2 is 1.62 bits per heavy atom. The molecule has 6 heteroatoms. The number of hydrogen-bond acceptors (Lipinski definition) is 6. The fourth-order valence-electron chi connectivity index (χ4n) is 0.801. The minimum absolute atomic E-state index is 0.00435. The number of aliphatic hydroxyl groups is 1. The van der Waals surface area contributed by atoms with Crippen molar-refractivity contribution in [2.45, 2.75) is 32.8 Å². The van der Waals surface area contributed by atoms with Gasteiger partial charge in [0.05, 0.1) is 6.42 Å². The van der Waals surface area contributed by atoms with Crippen LogP contribution in [0.5, 0.6) is 0 Å². The molecule has 0 saturated heterocycles. The van der Waals surface area contributed by atoms with Crippen LogP contribution in [0.25, 0.3) is 0 Å². The van der Waals surface area contributed by atoms with Gasteiger partial charge in [-0.3, -0.25) is 9.59 Å². The van der Waals surface area contributed by atoms with E-state index in [1.54, 1.807) is 0 Å². The number of carbonyl (C=O) groups excluding carboxylic acids is 3. The average Bonchev–Trinajstić information content (AvgIpc) is 2.20.